The maximum Gasteiger partial charge on any atom is 0.166 e. The van der Waals surface area contributed by atoms with Crippen LogP contribution in [0.25, 0.3) is 11.0 Å². The number of benzene rings is 2. The van der Waals surface area contributed by atoms with Crippen LogP contribution in [0.15, 0.2) is 47.6 Å². The molecule has 29 heavy (non-hydrogen) atoms. The Hall–Kier alpha value is -1.89. The Balaban J connectivity index is 1.21. The second-order valence-electron chi connectivity index (χ2n) is 7.13. The van der Waals surface area contributed by atoms with E-state index in [2.05, 4.69) is 38.0 Å². The average molecular weight is 431 g/mol. The normalized spacial score (nSPS) is 15.2. The van der Waals surface area contributed by atoms with Crippen molar-refractivity contribution in [3.8, 4) is 5.75 Å². The highest BCUT2D eigenvalue weighted by molar-refractivity contribution is 7.99. The Kier molecular flexibility index (Phi) is 6.85. The number of hydrogen-bond donors (Lipinski definition) is 1. The van der Waals surface area contributed by atoms with Crippen molar-refractivity contribution < 1.29 is 4.74 Å². The number of halogens is 1. The number of rotatable bonds is 8. The molecule has 2 heterocycles. The van der Waals surface area contributed by atoms with Crippen LogP contribution in [0.3, 0.4) is 0 Å². The minimum absolute atomic E-state index is 0.701. The monoisotopic (exact) mass is 430 g/mol. The number of ether oxygens (including phenoxy) is 1. The van der Waals surface area contributed by atoms with Crippen molar-refractivity contribution in [2.75, 3.05) is 50.0 Å². The van der Waals surface area contributed by atoms with Gasteiger partial charge in [0.05, 0.1) is 23.3 Å². The molecule has 7 heteroatoms. The minimum Gasteiger partial charge on any atom is -0.492 e. The van der Waals surface area contributed by atoms with E-state index < -0.39 is 0 Å². The van der Waals surface area contributed by atoms with Gasteiger partial charge >= 0.3 is 0 Å². The first-order valence-electron chi connectivity index (χ1n) is 10.2. The molecule has 0 spiro atoms. The second kappa shape index (κ2) is 9.74. The fourth-order valence-electron chi connectivity index (χ4n) is 3.69. The van der Waals surface area contributed by atoms with Gasteiger partial charge < -0.3 is 14.6 Å². The zero-order valence-corrected chi connectivity index (χ0v) is 18.3. The van der Waals surface area contributed by atoms with E-state index in [1.165, 1.54) is 5.69 Å². The minimum atomic E-state index is 0.701. The van der Waals surface area contributed by atoms with E-state index in [0.717, 1.165) is 71.9 Å². The molecule has 1 aliphatic rings. The van der Waals surface area contributed by atoms with Crippen LogP contribution in [0.2, 0.25) is 5.02 Å². The third-order valence-corrected chi connectivity index (χ3v) is 6.35. The van der Waals surface area contributed by atoms with Crippen LogP contribution in [-0.2, 0) is 0 Å². The standard InChI is InChI=1S/C22H27ClN4OS/c1-2-28-21-7-4-3-6-20(21)27-13-11-26(12-14-27)10-5-15-29-22-24-18-9-8-17(23)16-19(18)25-22/h3-4,6-9,16H,2,5,10-15H2,1H3,(H,24,25). The first kappa shape index (κ1) is 20.4. The number of anilines is 1. The van der Waals surface area contributed by atoms with Gasteiger partial charge in [0.25, 0.3) is 0 Å². The maximum atomic E-state index is 6.04. The van der Waals surface area contributed by atoms with Gasteiger partial charge in [-0.15, -0.1) is 0 Å². The molecule has 154 valence electrons. The molecule has 0 atom stereocenters. The summed E-state index contributed by atoms with van der Waals surface area (Å²) in [5.74, 6) is 2.05. The highest BCUT2D eigenvalue weighted by Gasteiger charge is 2.19. The average Bonchev–Trinajstić information content (AvgIpc) is 3.14. The lowest BCUT2D eigenvalue weighted by Crippen LogP contribution is -2.46. The highest BCUT2D eigenvalue weighted by atomic mass is 35.5. The lowest BCUT2D eigenvalue weighted by Gasteiger charge is -2.36. The molecule has 2 aromatic carbocycles. The third kappa shape index (κ3) is 5.18. The van der Waals surface area contributed by atoms with Crippen molar-refractivity contribution >= 4 is 40.1 Å². The molecule has 0 radical (unpaired) electrons. The molecule has 0 unspecified atom stereocenters. The lowest BCUT2D eigenvalue weighted by molar-refractivity contribution is 0.257. The molecule has 0 bridgehead atoms. The molecule has 3 aromatic rings. The fourth-order valence-corrected chi connectivity index (χ4v) is 4.68. The lowest BCUT2D eigenvalue weighted by atomic mass is 10.2. The predicted octanol–water partition coefficient (Wildman–Crippen LogP) is 4.92. The van der Waals surface area contributed by atoms with Gasteiger partial charge in [-0.25, -0.2) is 4.98 Å². The van der Waals surface area contributed by atoms with Gasteiger partial charge in [-0.2, -0.15) is 0 Å². The summed E-state index contributed by atoms with van der Waals surface area (Å²) in [6, 6.07) is 14.1. The van der Waals surface area contributed by atoms with E-state index >= 15 is 0 Å². The number of H-pyrrole nitrogens is 1. The highest BCUT2D eigenvalue weighted by Crippen LogP contribution is 2.29. The van der Waals surface area contributed by atoms with Crippen LogP contribution in [0.1, 0.15) is 13.3 Å². The molecule has 0 amide bonds. The number of thioether (sulfide) groups is 1. The Labute approximate surface area is 181 Å². The van der Waals surface area contributed by atoms with Gasteiger partial charge in [-0.05, 0) is 50.2 Å². The molecule has 5 nitrogen and oxygen atoms in total. The number of fused-ring (bicyclic) bond motifs is 1. The summed E-state index contributed by atoms with van der Waals surface area (Å²) in [5, 5.41) is 1.71. The van der Waals surface area contributed by atoms with Crippen LogP contribution in [0.5, 0.6) is 5.75 Å². The SMILES string of the molecule is CCOc1ccccc1N1CCN(CCCSc2nc3ccc(Cl)cc3[nH]2)CC1. The van der Waals surface area contributed by atoms with E-state index in [1.54, 1.807) is 11.8 Å². The van der Waals surface area contributed by atoms with Gasteiger partial charge in [0.15, 0.2) is 5.16 Å². The maximum absolute atomic E-state index is 6.04. The van der Waals surface area contributed by atoms with E-state index in [-0.39, 0.29) is 0 Å². The van der Waals surface area contributed by atoms with Crippen molar-refractivity contribution in [2.45, 2.75) is 18.5 Å². The second-order valence-corrected chi connectivity index (χ2v) is 8.65. The molecule has 1 aliphatic heterocycles. The molecule has 0 aliphatic carbocycles. The van der Waals surface area contributed by atoms with E-state index in [1.807, 2.05) is 31.2 Å². The van der Waals surface area contributed by atoms with Crippen LogP contribution >= 0.6 is 23.4 Å². The smallest absolute Gasteiger partial charge is 0.166 e. The van der Waals surface area contributed by atoms with E-state index in [0.29, 0.717) is 6.61 Å². The quantitative estimate of drug-likeness (QED) is 0.406. The van der Waals surface area contributed by atoms with Gasteiger partial charge in [0, 0.05) is 37.0 Å². The summed E-state index contributed by atoms with van der Waals surface area (Å²) in [5.41, 5.74) is 3.19. The number of hydrogen-bond acceptors (Lipinski definition) is 5. The molecule has 1 saturated heterocycles. The molecule has 4 rings (SSSR count). The Bertz CT molecular complexity index is 939. The van der Waals surface area contributed by atoms with Crippen LogP contribution in [0, 0.1) is 0 Å². The van der Waals surface area contributed by atoms with Crippen molar-refractivity contribution in [1.29, 1.82) is 0 Å². The Morgan fingerprint density at radius 1 is 1.14 bits per heavy atom. The molecular formula is C22H27ClN4OS. The number of para-hydroxylation sites is 2. The van der Waals surface area contributed by atoms with Crippen molar-refractivity contribution in [3.63, 3.8) is 0 Å². The van der Waals surface area contributed by atoms with E-state index in [4.69, 9.17) is 16.3 Å². The van der Waals surface area contributed by atoms with Crippen LogP contribution < -0.4 is 9.64 Å². The summed E-state index contributed by atoms with van der Waals surface area (Å²) in [6.45, 7) is 8.13. The topological polar surface area (TPSA) is 44.4 Å². The molecule has 1 fully saturated rings. The summed E-state index contributed by atoms with van der Waals surface area (Å²) in [7, 11) is 0. The number of nitrogens with zero attached hydrogens (tertiary/aromatic N) is 3. The van der Waals surface area contributed by atoms with Gasteiger partial charge in [0.1, 0.15) is 5.75 Å². The number of piperazine rings is 1. The van der Waals surface area contributed by atoms with Crippen LogP contribution in [0.4, 0.5) is 5.69 Å². The fraction of sp³-hybridized carbons (Fsp3) is 0.409. The van der Waals surface area contributed by atoms with Crippen molar-refractivity contribution in [2.24, 2.45) is 0 Å². The Morgan fingerprint density at radius 2 is 1.97 bits per heavy atom. The zero-order valence-electron chi connectivity index (χ0n) is 16.7. The van der Waals surface area contributed by atoms with Crippen molar-refractivity contribution in [1.82, 2.24) is 14.9 Å². The summed E-state index contributed by atoms with van der Waals surface area (Å²) >= 11 is 7.83. The molecule has 1 N–H and O–H groups in total. The van der Waals surface area contributed by atoms with Crippen LogP contribution in [-0.4, -0.2) is 60.0 Å². The number of imidazole rings is 1. The summed E-state index contributed by atoms with van der Waals surface area (Å²) in [4.78, 5) is 13.0. The first-order chi connectivity index (χ1) is 14.2. The summed E-state index contributed by atoms with van der Waals surface area (Å²) < 4.78 is 5.79. The Morgan fingerprint density at radius 3 is 2.79 bits per heavy atom. The third-order valence-electron chi connectivity index (χ3n) is 5.16. The molecule has 0 saturated carbocycles. The van der Waals surface area contributed by atoms with Gasteiger partial charge in [-0.3, -0.25) is 4.90 Å². The zero-order chi connectivity index (χ0) is 20.1. The predicted molar refractivity (Wildman–Crippen MR) is 123 cm³/mol. The van der Waals surface area contributed by atoms with E-state index in [9.17, 15) is 0 Å². The largest absolute Gasteiger partial charge is 0.492 e. The molecule has 1 aromatic heterocycles. The first-order valence-corrected chi connectivity index (χ1v) is 11.6. The number of aromatic amines is 1. The number of aromatic nitrogens is 2. The summed E-state index contributed by atoms with van der Waals surface area (Å²) in [6.07, 6.45) is 1.15. The van der Waals surface area contributed by atoms with Gasteiger partial charge in [0.2, 0.25) is 0 Å². The van der Waals surface area contributed by atoms with Gasteiger partial charge in [-0.1, -0.05) is 35.5 Å². The molecular weight excluding hydrogens is 404 g/mol. The number of nitrogens with one attached hydrogen (secondary N) is 1. The van der Waals surface area contributed by atoms with Crippen molar-refractivity contribution in [3.05, 3.63) is 47.5 Å².